The first-order valence-electron chi connectivity index (χ1n) is 30.1. The first-order valence-corrected chi connectivity index (χ1v) is 30.1. The molecule has 0 saturated carbocycles. The summed E-state index contributed by atoms with van der Waals surface area (Å²) in [6.07, 6.45) is 46.9. The highest BCUT2D eigenvalue weighted by atomic mass is 16.6. The zero-order chi connectivity index (χ0) is 50.7. The summed E-state index contributed by atoms with van der Waals surface area (Å²) in [6.45, 7) is 8.76. The van der Waals surface area contributed by atoms with Crippen molar-refractivity contribution in [1.82, 2.24) is 0 Å². The predicted molar refractivity (Wildman–Crippen MR) is 288 cm³/mol. The van der Waals surface area contributed by atoms with Crippen molar-refractivity contribution in [2.45, 2.75) is 341 Å². The van der Waals surface area contributed by atoms with E-state index in [1.807, 2.05) is 6.92 Å². The van der Waals surface area contributed by atoms with E-state index >= 15 is 0 Å². The molecule has 0 heterocycles. The van der Waals surface area contributed by atoms with Gasteiger partial charge in [-0.3, -0.25) is 14.4 Å². The van der Waals surface area contributed by atoms with Crippen LogP contribution in [0.25, 0.3) is 0 Å². The minimum absolute atomic E-state index is 0.0330. The molecule has 0 aromatic carbocycles. The minimum Gasteiger partial charge on any atom is -0.465 e. The smallest absolute Gasteiger partial charge is 0.305 e. The highest BCUT2D eigenvalue weighted by Crippen LogP contribution is 2.26. The van der Waals surface area contributed by atoms with Gasteiger partial charge in [0.05, 0.1) is 23.7 Å². The monoisotopic (exact) mass is 981 g/mol. The molecule has 410 valence electrons. The van der Waals surface area contributed by atoms with Gasteiger partial charge in [-0.05, 0) is 64.2 Å². The lowest BCUT2D eigenvalue weighted by Crippen LogP contribution is -2.39. The Morgan fingerprint density at radius 3 is 0.696 bits per heavy atom. The molecule has 0 saturated heterocycles. The second kappa shape index (κ2) is 51.2. The van der Waals surface area contributed by atoms with Crippen molar-refractivity contribution in [3.8, 4) is 0 Å². The van der Waals surface area contributed by atoms with Gasteiger partial charge in [0.1, 0.15) is 19.8 Å². The van der Waals surface area contributed by atoms with Crippen LogP contribution in [-0.4, -0.2) is 71.4 Å². The molecule has 0 rings (SSSR count). The van der Waals surface area contributed by atoms with Crippen LogP contribution in [-0.2, 0) is 28.6 Å². The van der Waals surface area contributed by atoms with Crippen molar-refractivity contribution in [3.63, 3.8) is 0 Å². The van der Waals surface area contributed by atoms with E-state index in [2.05, 4.69) is 20.8 Å². The molecule has 0 aliphatic carbocycles. The summed E-state index contributed by atoms with van der Waals surface area (Å²) < 4.78 is 17.4. The van der Waals surface area contributed by atoms with E-state index in [0.717, 1.165) is 173 Å². The van der Waals surface area contributed by atoms with E-state index in [4.69, 9.17) is 14.2 Å². The number of hydrogen-bond acceptors (Lipinski definition) is 9. The van der Waals surface area contributed by atoms with Crippen LogP contribution in [0.1, 0.15) is 323 Å². The number of rotatable bonds is 55. The molecule has 3 N–H and O–H groups in total. The molecule has 3 atom stereocenters. The van der Waals surface area contributed by atoms with Gasteiger partial charge in [0.15, 0.2) is 0 Å². The van der Waals surface area contributed by atoms with Crippen molar-refractivity contribution in [1.29, 1.82) is 0 Å². The second-order valence-electron chi connectivity index (χ2n) is 21.4. The zero-order valence-corrected chi connectivity index (χ0v) is 46.2. The van der Waals surface area contributed by atoms with E-state index in [9.17, 15) is 29.7 Å². The molecule has 0 spiro atoms. The largest absolute Gasteiger partial charge is 0.465 e. The number of esters is 3. The van der Waals surface area contributed by atoms with E-state index in [1.54, 1.807) is 0 Å². The van der Waals surface area contributed by atoms with Gasteiger partial charge in [-0.1, -0.05) is 240 Å². The summed E-state index contributed by atoms with van der Waals surface area (Å²) in [5, 5.41) is 31.0. The van der Waals surface area contributed by atoms with E-state index in [1.165, 1.54) is 96.3 Å². The molecule has 0 fully saturated rings. The molecule has 9 nitrogen and oxygen atoms in total. The average molecular weight is 982 g/mol. The first kappa shape index (κ1) is 67.3. The summed E-state index contributed by atoms with van der Waals surface area (Å²) >= 11 is 0. The van der Waals surface area contributed by atoms with Crippen molar-refractivity contribution >= 4 is 17.9 Å². The number of aliphatic hydroxyl groups is 3. The molecule has 69 heavy (non-hydrogen) atoms. The normalized spacial score (nSPS) is 13.8. The first-order chi connectivity index (χ1) is 33.6. The van der Waals surface area contributed by atoms with Gasteiger partial charge in [-0.15, -0.1) is 0 Å². The Balaban J connectivity index is 4.67. The molecule has 0 amide bonds. The molecule has 3 unspecified atom stereocenters. The predicted octanol–water partition coefficient (Wildman–Crippen LogP) is 16.7. The lowest BCUT2D eigenvalue weighted by molar-refractivity contribution is -0.162. The van der Waals surface area contributed by atoms with Crippen LogP contribution < -0.4 is 0 Å². The van der Waals surface area contributed by atoms with Crippen LogP contribution in [0.5, 0.6) is 0 Å². The van der Waals surface area contributed by atoms with Gasteiger partial charge in [0.2, 0.25) is 0 Å². The molecule has 0 radical (unpaired) electrons. The van der Waals surface area contributed by atoms with E-state index in [-0.39, 0.29) is 56.0 Å². The van der Waals surface area contributed by atoms with Crippen molar-refractivity contribution in [3.05, 3.63) is 0 Å². The quantitative estimate of drug-likeness (QED) is 0.0309. The minimum atomic E-state index is -0.806. The molecular weight excluding hydrogens is 865 g/mol. The van der Waals surface area contributed by atoms with Gasteiger partial charge in [0.25, 0.3) is 0 Å². The lowest BCUT2D eigenvalue weighted by Gasteiger charge is -2.31. The highest BCUT2D eigenvalue weighted by molar-refractivity contribution is 5.70. The van der Waals surface area contributed by atoms with Gasteiger partial charge in [-0.2, -0.15) is 0 Å². The van der Waals surface area contributed by atoms with Gasteiger partial charge < -0.3 is 29.5 Å². The summed E-state index contributed by atoms with van der Waals surface area (Å²) in [7, 11) is 0. The summed E-state index contributed by atoms with van der Waals surface area (Å²) in [4.78, 5) is 38.8. The van der Waals surface area contributed by atoms with Crippen molar-refractivity contribution < 1.29 is 43.9 Å². The second-order valence-corrected chi connectivity index (χ2v) is 21.4. The molecule has 0 aromatic heterocycles. The van der Waals surface area contributed by atoms with Crippen molar-refractivity contribution in [2.75, 3.05) is 19.8 Å². The maximum atomic E-state index is 12.9. The summed E-state index contributed by atoms with van der Waals surface area (Å²) in [6, 6.07) is 0. The van der Waals surface area contributed by atoms with Crippen LogP contribution in [0.2, 0.25) is 0 Å². The topological polar surface area (TPSA) is 140 Å². The fourth-order valence-electron chi connectivity index (χ4n) is 9.33. The third-order valence-corrected chi connectivity index (χ3v) is 14.5. The Morgan fingerprint density at radius 1 is 0.304 bits per heavy atom. The SMILES string of the molecule is CCCCCCCCC(O)CCCCCCCCC(=O)OCC(CC)(COC(=O)CCCCCCCCC(O)CCCCCCCC)COC(=O)CCCCCCCCC(O)CCCCCCCC. The number of carbonyl (C=O) groups excluding carboxylic acids is 3. The fourth-order valence-corrected chi connectivity index (χ4v) is 9.33. The third kappa shape index (κ3) is 47.1. The maximum absolute atomic E-state index is 12.9. The molecule has 9 heteroatoms. The molecular formula is C60H116O9. The van der Waals surface area contributed by atoms with Crippen LogP contribution in [0.15, 0.2) is 0 Å². The van der Waals surface area contributed by atoms with Crippen LogP contribution in [0, 0.1) is 5.41 Å². The summed E-state index contributed by atoms with van der Waals surface area (Å²) in [5.41, 5.74) is -0.806. The number of carbonyl (C=O) groups is 3. The van der Waals surface area contributed by atoms with Gasteiger partial charge in [0, 0.05) is 19.3 Å². The lowest BCUT2D eigenvalue weighted by atomic mass is 9.88. The van der Waals surface area contributed by atoms with Crippen LogP contribution in [0.3, 0.4) is 0 Å². The third-order valence-electron chi connectivity index (χ3n) is 14.5. The number of ether oxygens (including phenoxy) is 3. The molecule has 0 aromatic rings. The Labute approximate surface area is 426 Å². The number of hydrogen-bond donors (Lipinski definition) is 3. The number of aliphatic hydroxyl groups excluding tert-OH is 3. The Kier molecular flexibility index (Phi) is 49.9. The van der Waals surface area contributed by atoms with E-state index in [0.29, 0.717) is 25.7 Å². The Morgan fingerprint density at radius 2 is 0.493 bits per heavy atom. The van der Waals surface area contributed by atoms with Crippen molar-refractivity contribution in [2.24, 2.45) is 5.41 Å². The van der Waals surface area contributed by atoms with E-state index < -0.39 is 5.41 Å². The molecule has 0 bridgehead atoms. The molecule has 0 aliphatic rings. The Hall–Kier alpha value is -1.71. The zero-order valence-electron chi connectivity index (χ0n) is 46.2. The highest BCUT2D eigenvalue weighted by Gasteiger charge is 2.34. The van der Waals surface area contributed by atoms with Gasteiger partial charge >= 0.3 is 17.9 Å². The van der Waals surface area contributed by atoms with Gasteiger partial charge in [-0.25, -0.2) is 0 Å². The average Bonchev–Trinajstić information content (AvgIpc) is 3.34. The standard InChI is InChI=1S/C60H116O9/c1-5-9-12-15-24-33-42-54(61)45-36-27-18-21-30-39-48-57(64)67-51-60(8-4,52-68-58(65)49-40-31-22-19-28-37-46-55(62)43-34-25-16-13-10-6-2)53-69-59(66)50-41-32-23-20-29-38-47-56(63)44-35-26-17-14-11-7-3/h54-56,61-63H,5-53H2,1-4H3. The molecule has 0 aliphatic heterocycles. The maximum Gasteiger partial charge on any atom is 0.305 e. The van der Waals surface area contributed by atoms with Crippen LogP contribution >= 0.6 is 0 Å². The number of unbranched alkanes of at least 4 members (excludes halogenated alkanes) is 30. The van der Waals surface area contributed by atoms with Crippen LogP contribution in [0.4, 0.5) is 0 Å². The fraction of sp³-hybridized carbons (Fsp3) is 0.950. The summed E-state index contributed by atoms with van der Waals surface area (Å²) in [5.74, 6) is -0.825. The Bertz CT molecular complexity index is 983.